The Kier molecular flexibility index (Phi) is 2.52. The van der Waals surface area contributed by atoms with Crippen molar-refractivity contribution in [2.45, 2.75) is 26.2 Å². The molecule has 0 bridgehead atoms. The van der Waals surface area contributed by atoms with Crippen molar-refractivity contribution in [1.82, 2.24) is 5.16 Å². The fourth-order valence-electron chi connectivity index (χ4n) is 2.10. The number of hydrogen-bond acceptors (Lipinski definition) is 3. The second-order valence-electron chi connectivity index (χ2n) is 4.44. The summed E-state index contributed by atoms with van der Waals surface area (Å²) in [7, 11) is 0. The van der Waals surface area contributed by atoms with E-state index in [2.05, 4.69) is 41.3 Å². The van der Waals surface area contributed by atoms with Crippen LogP contribution in [0.25, 0.3) is 0 Å². The second-order valence-corrected chi connectivity index (χ2v) is 4.44. The molecule has 1 heterocycles. The molecule has 0 unspecified atom stereocenters. The summed E-state index contributed by atoms with van der Waals surface area (Å²) < 4.78 is 5.24. The van der Waals surface area contributed by atoms with E-state index < -0.39 is 0 Å². The zero-order chi connectivity index (χ0) is 11.7. The first kappa shape index (κ1) is 10.3. The molecule has 3 rings (SSSR count). The smallest absolute Gasteiger partial charge is 0.253 e. The van der Waals surface area contributed by atoms with Crippen molar-refractivity contribution in [3.05, 3.63) is 46.6 Å². The third kappa shape index (κ3) is 2.00. The summed E-state index contributed by atoms with van der Waals surface area (Å²) in [5, 5.41) is 4.03. The lowest BCUT2D eigenvalue weighted by Crippen LogP contribution is -1.81. The van der Waals surface area contributed by atoms with Crippen LogP contribution in [-0.4, -0.2) is 11.4 Å². The molecular formula is C14H14N2O. The summed E-state index contributed by atoms with van der Waals surface area (Å²) in [6.07, 6.45) is 5.07. The van der Waals surface area contributed by atoms with E-state index in [1.54, 1.807) is 0 Å². The number of benzene rings is 1. The molecule has 1 aliphatic rings. The lowest BCUT2D eigenvalue weighted by atomic mass is 10.2. The average molecular weight is 226 g/mol. The summed E-state index contributed by atoms with van der Waals surface area (Å²) in [6.45, 7) is 2.07. The Labute approximate surface area is 100 Å². The molecule has 3 heteroatoms. The molecule has 0 N–H and O–H groups in total. The zero-order valence-electron chi connectivity index (χ0n) is 9.81. The van der Waals surface area contributed by atoms with Gasteiger partial charge in [-0.15, -0.1) is 0 Å². The van der Waals surface area contributed by atoms with Crippen molar-refractivity contribution in [2.24, 2.45) is 4.99 Å². The van der Waals surface area contributed by atoms with Crippen LogP contribution in [0, 0.1) is 6.92 Å². The normalized spacial score (nSPS) is 14.4. The Morgan fingerprint density at radius 2 is 2.06 bits per heavy atom. The van der Waals surface area contributed by atoms with Crippen LogP contribution in [0.5, 0.6) is 0 Å². The predicted molar refractivity (Wildman–Crippen MR) is 67.0 cm³/mol. The van der Waals surface area contributed by atoms with E-state index in [4.69, 9.17) is 4.52 Å². The molecule has 1 aromatic heterocycles. The van der Waals surface area contributed by atoms with Gasteiger partial charge >= 0.3 is 0 Å². The fourth-order valence-corrected chi connectivity index (χ4v) is 2.10. The van der Waals surface area contributed by atoms with Gasteiger partial charge in [0.1, 0.15) is 0 Å². The molecule has 0 aliphatic heterocycles. The van der Waals surface area contributed by atoms with Gasteiger partial charge in [-0.3, -0.25) is 0 Å². The van der Waals surface area contributed by atoms with Crippen LogP contribution >= 0.6 is 0 Å². The number of hydrogen-bond donors (Lipinski definition) is 0. The number of aryl methyl sites for hydroxylation is 2. The van der Waals surface area contributed by atoms with Crippen LogP contribution in [0.3, 0.4) is 0 Å². The highest BCUT2D eigenvalue weighted by molar-refractivity contribution is 5.81. The number of rotatable bonds is 2. The summed E-state index contributed by atoms with van der Waals surface area (Å²) in [4.78, 5) is 4.38. The third-order valence-corrected chi connectivity index (χ3v) is 3.10. The van der Waals surface area contributed by atoms with Crippen LogP contribution in [0.1, 0.15) is 28.8 Å². The highest BCUT2D eigenvalue weighted by atomic mass is 16.5. The minimum Gasteiger partial charge on any atom is -0.336 e. The molecule has 0 fully saturated rings. The van der Waals surface area contributed by atoms with Crippen molar-refractivity contribution < 1.29 is 4.52 Å². The quantitative estimate of drug-likeness (QED) is 0.737. The lowest BCUT2D eigenvalue weighted by molar-refractivity contribution is 0.419. The molecule has 3 nitrogen and oxygen atoms in total. The summed E-state index contributed by atoms with van der Waals surface area (Å²) in [6, 6.07) is 8.25. The van der Waals surface area contributed by atoms with Crippen molar-refractivity contribution >= 4 is 12.1 Å². The van der Waals surface area contributed by atoms with Crippen molar-refractivity contribution in [1.29, 1.82) is 0 Å². The minimum absolute atomic E-state index is 0.679. The van der Waals surface area contributed by atoms with Crippen LogP contribution in [0.2, 0.25) is 0 Å². The van der Waals surface area contributed by atoms with Gasteiger partial charge in [-0.2, -0.15) is 0 Å². The molecule has 0 radical (unpaired) electrons. The first-order valence-corrected chi connectivity index (χ1v) is 5.91. The first-order valence-electron chi connectivity index (χ1n) is 5.91. The van der Waals surface area contributed by atoms with E-state index in [1.165, 1.54) is 17.5 Å². The largest absolute Gasteiger partial charge is 0.336 e. The Bertz CT molecular complexity index is 552. The van der Waals surface area contributed by atoms with E-state index in [9.17, 15) is 0 Å². The first-order chi connectivity index (χ1) is 8.33. The molecule has 0 saturated heterocycles. The van der Waals surface area contributed by atoms with Crippen LogP contribution in [0.4, 0.5) is 5.88 Å². The summed E-state index contributed by atoms with van der Waals surface area (Å²) in [5.74, 6) is 0.679. The van der Waals surface area contributed by atoms with E-state index in [-0.39, 0.29) is 0 Å². The van der Waals surface area contributed by atoms with Crippen molar-refractivity contribution in [3.8, 4) is 0 Å². The third-order valence-electron chi connectivity index (χ3n) is 3.10. The maximum atomic E-state index is 5.24. The fraction of sp³-hybridized carbons (Fsp3) is 0.286. The van der Waals surface area contributed by atoms with E-state index in [0.717, 1.165) is 24.1 Å². The van der Waals surface area contributed by atoms with Gasteiger partial charge in [0.2, 0.25) is 0 Å². The van der Waals surface area contributed by atoms with Crippen LogP contribution in [-0.2, 0) is 12.8 Å². The summed E-state index contributed by atoms with van der Waals surface area (Å²) >= 11 is 0. The molecule has 0 atom stereocenters. The topological polar surface area (TPSA) is 38.4 Å². The van der Waals surface area contributed by atoms with Gasteiger partial charge < -0.3 is 4.52 Å². The van der Waals surface area contributed by atoms with Crippen molar-refractivity contribution in [2.75, 3.05) is 0 Å². The van der Waals surface area contributed by atoms with E-state index in [1.807, 2.05) is 6.21 Å². The minimum atomic E-state index is 0.679. The second kappa shape index (κ2) is 4.17. The standard InChI is InChI=1S/C14H14N2O/c1-10-5-7-11(8-6-10)9-15-14-12-3-2-4-13(12)16-17-14/h5-9H,2-4H2,1H3. The molecule has 0 spiro atoms. The molecule has 0 amide bonds. The van der Waals surface area contributed by atoms with Gasteiger partial charge in [0.05, 0.1) is 5.69 Å². The maximum Gasteiger partial charge on any atom is 0.253 e. The van der Waals surface area contributed by atoms with Crippen LogP contribution in [0.15, 0.2) is 33.8 Å². The Morgan fingerprint density at radius 1 is 1.24 bits per heavy atom. The van der Waals surface area contributed by atoms with Crippen LogP contribution < -0.4 is 0 Å². The van der Waals surface area contributed by atoms with Gasteiger partial charge in [0, 0.05) is 11.8 Å². The van der Waals surface area contributed by atoms with Gasteiger partial charge in [-0.1, -0.05) is 35.0 Å². The highest BCUT2D eigenvalue weighted by Gasteiger charge is 2.20. The summed E-state index contributed by atoms with van der Waals surface area (Å²) in [5.41, 5.74) is 4.61. The van der Waals surface area contributed by atoms with Crippen molar-refractivity contribution in [3.63, 3.8) is 0 Å². The number of aromatic nitrogens is 1. The van der Waals surface area contributed by atoms with Gasteiger partial charge in [-0.25, -0.2) is 4.99 Å². The van der Waals surface area contributed by atoms with Gasteiger partial charge in [0.15, 0.2) is 0 Å². The number of aliphatic imine (C=N–C) groups is 1. The number of fused-ring (bicyclic) bond motifs is 1. The molecular weight excluding hydrogens is 212 g/mol. The lowest BCUT2D eigenvalue weighted by Gasteiger charge is -1.94. The molecule has 0 saturated carbocycles. The van der Waals surface area contributed by atoms with E-state index in [0.29, 0.717) is 5.88 Å². The molecule has 2 aromatic rings. The van der Waals surface area contributed by atoms with Gasteiger partial charge in [0.25, 0.3) is 5.88 Å². The number of nitrogens with zero attached hydrogens (tertiary/aromatic N) is 2. The molecule has 86 valence electrons. The van der Waals surface area contributed by atoms with E-state index >= 15 is 0 Å². The molecule has 17 heavy (non-hydrogen) atoms. The highest BCUT2D eigenvalue weighted by Crippen LogP contribution is 2.30. The molecule has 1 aromatic carbocycles. The predicted octanol–water partition coefficient (Wildman–Crippen LogP) is 3.22. The average Bonchev–Trinajstić information content (AvgIpc) is 2.91. The van der Waals surface area contributed by atoms with Gasteiger partial charge in [-0.05, 0) is 31.7 Å². The molecule has 1 aliphatic carbocycles. The SMILES string of the molecule is Cc1ccc(C=Nc2onc3c2CCC3)cc1. The zero-order valence-corrected chi connectivity index (χ0v) is 9.81. The Hall–Kier alpha value is -1.90. The maximum absolute atomic E-state index is 5.24. The monoisotopic (exact) mass is 226 g/mol. The Balaban J connectivity index is 1.84. The Morgan fingerprint density at radius 3 is 2.88 bits per heavy atom.